The van der Waals surface area contributed by atoms with E-state index in [-0.39, 0.29) is 12.1 Å². The van der Waals surface area contributed by atoms with Crippen LogP contribution in [0.1, 0.15) is 40.5 Å². The zero-order valence-corrected chi connectivity index (χ0v) is 11.8. The number of nitrogens with two attached hydrogens (primary N) is 1. The Hall–Kier alpha value is -0.160. The molecule has 1 aliphatic heterocycles. The summed E-state index contributed by atoms with van der Waals surface area (Å²) in [5, 5.41) is 0. The van der Waals surface area contributed by atoms with E-state index in [2.05, 4.69) is 38.0 Å². The predicted molar refractivity (Wildman–Crippen MR) is 71.6 cm³/mol. The van der Waals surface area contributed by atoms with E-state index in [1.807, 2.05) is 0 Å². The number of hydrogen-bond donors (Lipinski definition) is 2. The smallest absolute Gasteiger partial charge is 0.0868 e. The van der Waals surface area contributed by atoms with E-state index in [9.17, 15) is 0 Å². The Morgan fingerprint density at radius 2 is 2.00 bits per heavy atom. The first-order valence-electron chi connectivity index (χ1n) is 6.86. The molecule has 0 spiro atoms. The Kier molecular flexibility index (Phi) is 6.41. The molecule has 0 bridgehead atoms. The van der Waals surface area contributed by atoms with Gasteiger partial charge in [-0.25, -0.2) is 0 Å². The Morgan fingerprint density at radius 1 is 1.29 bits per heavy atom. The summed E-state index contributed by atoms with van der Waals surface area (Å²) < 4.78 is 5.86. The number of nitrogens with one attached hydrogen (secondary N) is 1. The van der Waals surface area contributed by atoms with Crippen molar-refractivity contribution in [3.8, 4) is 0 Å². The maximum atomic E-state index is 5.86. The maximum Gasteiger partial charge on any atom is 0.0868 e. The average Bonchev–Trinajstić information content (AvgIpc) is 2.30. The Morgan fingerprint density at radius 3 is 2.53 bits per heavy atom. The third-order valence-corrected chi connectivity index (χ3v) is 3.57. The van der Waals surface area contributed by atoms with Crippen LogP contribution in [0.5, 0.6) is 0 Å². The van der Waals surface area contributed by atoms with Gasteiger partial charge in [0.1, 0.15) is 0 Å². The van der Waals surface area contributed by atoms with Crippen LogP contribution >= 0.6 is 0 Å². The van der Waals surface area contributed by atoms with Gasteiger partial charge in [-0.3, -0.25) is 16.2 Å². The zero-order chi connectivity index (χ0) is 12.8. The molecule has 3 N–H and O–H groups in total. The third-order valence-electron chi connectivity index (χ3n) is 3.57. The van der Waals surface area contributed by atoms with Gasteiger partial charge in [0.25, 0.3) is 0 Å². The summed E-state index contributed by atoms with van der Waals surface area (Å²) in [5.41, 5.74) is 2.93. The second-order valence-corrected chi connectivity index (χ2v) is 5.74. The molecule has 0 saturated carbocycles. The standard InChI is InChI=1S/C13H29N3O/c1-10(2)5-6-12(15-14)13-9-16(11(3)4)7-8-17-13/h10-13,15H,5-9,14H2,1-4H3. The van der Waals surface area contributed by atoms with E-state index < -0.39 is 0 Å². The first-order chi connectivity index (χ1) is 8.04. The monoisotopic (exact) mass is 243 g/mol. The molecule has 1 fully saturated rings. The molecule has 2 unspecified atom stereocenters. The van der Waals surface area contributed by atoms with Gasteiger partial charge in [0.15, 0.2) is 0 Å². The molecular formula is C13H29N3O. The van der Waals surface area contributed by atoms with Gasteiger partial charge in [0.2, 0.25) is 0 Å². The molecule has 0 amide bonds. The molecule has 0 radical (unpaired) electrons. The number of rotatable bonds is 6. The normalized spacial score (nSPS) is 24.5. The predicted octanol–water partition coefficient (Wildman–Crippen LogP) is 1.36. The quantitative estimate of drug-likeness (QED) is 0.546. The number of morpholine rings is 1. The molecule has 1 rings (SSSR count). The lowest BCUT2D eigenvalue weighted by atomic mass is 9.99. The van der Waals surface area contributed by atoms with Crippen LogP contribution in [0.3, 0.4) is 0 Å². The molecule has 0 aromatic heterocycles. The minimum absolute atomic E-state index is 0.231. The largest absolute Gasteiger partial charge is 0.374 e. The minimum Gasteiger partial charge on any atom is -0.374 e. The molecule has 0 aromatic rings. The van der Waals surface area contributed by atoms with Crippen LogP contribution in [-0.4, -0.2) is 42.8 Å². The van der Waals surface area contributed by atoms with Crippen LogP contribution in [0.4, 0.5) is 0 Å². The van der Waals surface area contributed by atoms with Gasteiger partial charge in [-0.1, -0.05) is 13.8 Å². The SMILES string of the molecule is CC(C)CCC(NN)C1CN(C(C)C)CCO1. The summed E-state index contributed by atoms with van der Waals surface area (Å²) in [5.74, 6) is 6.38. The fourth-order valence-electron chi connectivity index (χ4n) is 2.30. The Bertz CT molecular complexity index is 209. The van der Waals surface area contributed by atoms with Crippen molar-refractivity contribution in [1.29, 1.82) is 0 Å². The lowest BCUT2D eigenvalue weighted by Gasteiger charge is -2.38. The fourth-order valence-corrected chi connectivity index (χ4v) is 2.30. The third kappa shape index (κ3) is 4.92. The van der Waals surface area contributed by atoms with Crippen molar-refractivity contribution in [1.82, 2.24) is 10.3 Å². The molecule has 102 valence electrons. The molecule has 1 heterocycles. The van der Waals surface area contributed by atoms with Crippen LogP contribution in [0.15, 0.2) is 0 Å². The van der Waals surface area contributed by atoms with Gasteiger partial charge in [-0.15, -0.1) is 0 Å². The van der Waals surface area contributed by atoms with Crippen LogP contribution in [0, 0.1) is 5.92 Å². The molecule has 4 heteroatoms. The van der Waals surface area contributed by atoms with E-state index in [1.54, 1.807) is 0 Å². The zero-order valence-electron chi connectivity index (χ0n) is 11.8. The molecule has 1 saturated heterocycles. The second-order valence-electron chi connectivity index (χ2n) is 5.74. The van der Waals surface area contributed by atoms with E-state index in [1.165, 1.54) is 6.42 Å². The van der Waals surface area contributed by atoms with Crippen LogP contribution < -0.4 is 11.3 Å². The molecule has 1 aliphatic rings. The highest BCUT2D eigenvalue weighted by molar-refractivity contribution is 4.83. The van der Waals surface area contributed by atoms with Gasteiger partial charge in [-0.05, 0) is 32.6 Å². The number of hydrazine groups is 1. The first kappa shape index (κ1) is 14.9. The first-order valence-corrected chi connectivity index (χ1v) is 6.86. The maximum absolute atomic E-state index is 5.86. The lowest BCUT2D eigenvalue weighted by Crippen LogP contribution is -2.55. The van der Waals surface area contributed by atoms with Crippen molar-refractivity contribution in [3.63, 3.8) is 0 Å². The fraction of sp³-hybridized carbons (Fsp3) is 1.00. The Labute approximate surface area is 106 Å². The van der Waals surface area contributed by atoms with Crippen molar-refractivity contribution in [2.45, 2.75) is 58.7 Å². The molecule has 0 aliphatic carbocycles. The molecule has 4 nitrogen and oxygen atoms in total. The van der Waals surface area contributed by atoms with E-state index >= 15 is 0 Å². The van der Waals surface area contributed by atoms with Crippen molar-refractivity contribution < 1.29 is 4.74 Å². The summed E-state index contributed by atoms with van der Waals surface area (Å²) in [6.45, 7) is 11.8. The van der Waals surface area contributed by atoms with Gasteiger partial charge < -0.3 is 4.74 Å². The number of ether oxygens (including phenoxy) is 1. The van der Waals surface area contributed by atoms with E-state index in [0.717, 1.165) is 32.0 Å². The van der Waals surface area contributed by atoms with Crippen molar-refractivity contribution >= 4 is 0 Å². The highest BCUT2D eigenvalue weighted by Gasteiger charge is 2.28. The minimum atomic E-state index is 0.231. The highest BCUT2D eigenvalue weighted by atomic mass is 16.5. The topological polar surface area (TPSA) is 50.5 Å². The average molecular weight is 243 g/mol. The summed E-state index contributed by atoms with van der Waals surface area (Å²) in [4.78, 5) is 2.47. The van der Waals surface area contributed by atoms with Crippen molar-refractivity contribution in [3.05, 3.63) is 0 Å². The van der Waals surface area contributed by atoms with Crippen LogP contribution in [0.2, 0.25) is 0 Å². The van der Waals surface area contributed by atoms with E-state index in [4.69, 9.17) is 10.6 Å². The van der Waals surface area contributed by atoms with Crippen LogP contribution in [0.25, 0.3) is 0 Å². The summed E-state index contributed by atoms with van der Waals surface area (Å²) in [7, 11) is 0. The Balaban J connectivity index is 2.44. The van der Waals surface area contributed by atoms with Crippen molar-refractivity contribution in [2.24, 2.45) is 11.8 Å². The highest BCUT2D eigenvalue weighted by Crippen LogP contribution is 2.16. The summed E-state index contributed by atoms with van der Waals surface area (Å²) in [6, 6.07) is 0.865. The van der Waals surface area contributed by atoms with Crippen LogP contribution in [-0.2, 0) is 4.74 Å². The number of hydrogen-bond acceptors (Lipinski definition) is 4. The van der Waals surface area contributed by atoms with E-state index in [0.29, 0.717) is 6.04 Å². The van der Waals surface area contributed by atoms with Gasteiger partial charge in [0.05, 0.1) is 12.7 Å². The van der Waals surface area contributed by atoms with Gasteiger partial charge >= 0.3 is 0 Å². The van der Waals surface area contributed by atoms with Gasteiger partial charge in [0, 0.05) is 25.2 Å². The molecule has 2 atom stereocenters. The molecule has 0 aromatic carbocycles. The van der Waals surface area contributed by atoms with Crippen molar-refractivity contribution in [2.75, 3.05) is 19.7 Å². The summed E-state index contributed by atoms with van der Waals surface area (Å²) >= 11 is 0. The number of nitrogens with zero attached hydrogens (tertiary/aromatic N) is 1. The summed E-state index contributed by atoms with van der Waals surface area (Å²) in [6.07, 6.45) is 2.51. The molecule has 17 heavy (non-hydrogen) atoms. The lowest BCUT2D eigenvalue weighted by molar-refractivity contribution is -0.0571. The second kappa shape index (κ2) is 7.31. The molecular weight excluding hydrogens is 214 g/mol. The van der Waals surface area contributed by atoms with Gasteiger partial charge in [-0.2, -0.15) is 0 Å².